The highest BCUT2D eigenvalue weighted by Crippen LogP contribution is 2.42. The number of aromatic hydroxyl groups is 1. The molecule has 0 aliphatic rings. The molecule has 3 aromatic rings. The van der Waals surface area contributed by atoms with Gasteiger partial charge in [-0.2, -0.15) is 0 Å². The number of carbonyl (C=O) groups is 1. The van der Waals surface area contributed by atoms with Gasteiger partial charge in [-0.05, 0) is 99.9 Å². The van der Waals surface area contributed by atoms with Gasteiger partial charge in [0.25, 0.3) is 7.44 Å². The normalized spacial score (nSPS) is 15.6. The van der Waals surface area contributed by atoms with Gasteiger partial charge in [-0.3, -0.25) is 9.36 Å². The van der Waals surface area contributed by atoms with Crippen LogP contribution in [0.4, 0.5) is 0 Å². The summed E-state index contributed by atoms with van der Waals surface area (Å²) >= 11 is 0. The molecule has 0 fully saturated rings. The Hall–Kier alpha value is -2.68. The molecule has 0 spiro atoms. The molecule has 0 radical (unpaired) electrons. The van der Waals surface area contributed by atoms with Crippen molar-refractivity contribution in [1.29, 1.82) is 0 Å². The Kier molecular flexibility index (Phi) is 10.8. The zero-order valence-corrected chi connectivity index (χ0v) is 26.4. The molecule has 10 heteroatoms. The molecule has 226 valence electrons. The molecule has 9 nitrogen and oxygen atoms in total. The summed E-state index contributed by atoms with van der Waals surface area (Å²) in [6.07, 6.45) is 0.652. The van der Waals surface area contributed by atoms with Gasteiger partial charge in [0.2, 0.25) is 0 Å². The van der Waals surface area contributed by atoms with E-state index in [0.717, 1.165) is 33.2 Å². The molecular formula is C31H45N2O7P. The van der Waals surface area contributed by atoms with E-state index in [-0.39, 0.29) is 31.2 Å². The number of hydrogen-bond donors (Lipinski definition) is 4. The third kappa shape index (κ3) is 7.59. The topological polar surface area (TPSA) is 130 Å². The third-order valence-corrected chi connectivity index (χ3v) is 9.70. The van der Waals surface area contributed by atoms with E-state index in [1.165, 1.54) is 0 Å². The Morgan fingerprint density at radius 3 is 2.44 bits per heavy atom. The van der Waals surface area contributed by atoms with E-state index < -0.39 is 25.0 Å². The Balaban J connectivity index is 2.09. The predicted molar refractivity (Wildman–Crippen MR) is 162 cm³/mol. The minimum absolute atomic E-state index is 0.0902. The van der Waals surface area contributed by atoms with Gasteiger partial charge in [0, 0.05) is 12.0 Å². The van der Waals surface area contributed by atoms with Crippen LogP contribution in [0.5, 0.6) is 5.75 Å². The monoisotopic (exact) mass is 588 g/mol. The fraction of sp³-hybridized carbons (Fsp3) is 0.516. The summed E-state index contributed by atoms with van der Waals surface area (Å²) in [5, 5.41) is 27.2. The molecule has 2 aromatic carbocycles. The van der Waals surface area contributed by atoms with Crippen molar-refractivity contribution in [1.82, 2.24) is 10.2 Å². The maximum absolute atomic E-state index is 14.6. The van der Waals surface area contributed by atoms with Crippen molar-refractivity contribution in [3.63, 3.8) is 0 Å². The van der Waals surface area contributed by atoms with Gasteiger partial charge in [-0.25, -0.2) is 10.2 Å². The van der Waals surface area contributed by atoms with Gasteiger partial charge in [0.15, 0.2) is 5.50 Å². The van der Waals surface area contributed by atoms with Crippen molar-refractivity contribution in [2.75, 3.05) is 26.4 Å². The van der Waals surface area contributed by atoms with Crippen LogP contribution >= 0.6 is 7.44 Å². The Morgan fingerprint density at radius 2 is 1.83 bits per heavy atom. The number of aryl methyl sites for hydroxylation is 2. The molecule has 3 atom stereocenters. The van der Waals surface area contributed by atoms with Crippen LogP contribution in [-0.4, -0.2) is 54.2 Å². The number of furan rings is 1. The molecule has 0 aliphatic carbocycles. The van der Waals surface area contributed by atoms with Crippen LogP contribution in [-0.2, 0) is 25.3 Å². The van der Waals surface area contributed by atoms with Crippen LogP contribution in [0.15, 0.2) is 34.7 Å². The summed E-state index contributed by atoms with van der Waals surface area (Å²) in [4.78, 5) is 12.5. The highest BCUT2D eigenvalue weighted by Gasteiger charge is 2.40. The Morgan fingerprint density at radius 1 is 1.12 bits per heavy atom. The summed E-state index contributed by atoms with van der Waals surface area (Å²) in [7, 11) is -3.83. The number of ether oxygens (including phenoxy) is 2. The summed E-state index contributed by atoms with van der Waals surface area (Å²) in [6, 6.07) is 8.45. The average molecular weight is 589 g/mol. The van der Waals surface area contributed by atoms with E-state index in [1.807, 2.05) is 52.8 Å². The molecule has 1 unspecified atom stereocenters. The largest absolute Gasteiger partial charge is 0.508 e. The van der Waals surface area contributed by atoms with E-state index in [1.54, 1.807) is 32.9 Å². The van der Waals surface area contributed by atoms with Crippen molar-refractivity contribution < 1.29 is 33.5 Å². The lowest BCUT2D eigenvalue weighted by Crippen LogP contribution is -2.52. The number of esters is 1. The summed E-state index contributed by atoms with van der Waals surface area (Å²) in [6.45, 7) is 15.3. The van der Waals surface area contributed by atoms with Crippen LogP contribution in [0.25, 0.3) is 11.0 Å². The maximum atomic E-state index is 14.6. The highest BCUT2D eigenvalue weighted by molar-refractivity contribution is 7.67. The number of carbonyl (C=O) groups excluding carboxylic acids is 1. The van der Waals surface area contributed by atoms with Crippen molar-refractivity contribution in [3.05, 3.63) is 58.1 Å². The van der Waals surface area contributed by atoms with Crippen LogP contribution in [0.1, 0.15) is 75.3 Å². The molecule has 0 saturated heterocycles. The fourth-order valence-electron chi connectivity index (χ4n) is 4.91. The number of phenols is 1. The smallest absolute Gasteiger partial charge is 0.323 e. The van der Waals surface area contributed by atoms with Crippen molar-refractivity contribution in [2.45, 2.75) is 79.3 Å². The predicted octanol–water partition coefficient (Wildman–Crippen LogP) is 5.21. The molecule has 1 aromatic heterocycles. The Bertz CT molecular complexity index is 1420. The second-order valence-corrected chi connectivity index (χ2v) is 13.3. The SMILES string of the molecule is CCOC[C@](C)(CO)NP(=O)(N[C@@H](C)C(=O)OCC)c1cc2c(C)c(Cc3ccc(O)c(C(C)C)c3)c(C)cc2o1. The first-order valence-corrected chi connectivity index (χ1v) is 15.9. The standard InChI is InChI=1S/C31H45N2O7P/c1-9-38-18-31(8,17-34)33-41(37,32-22(7)30(36)39-10-2)29-16-26-21(6)25(20(5)13-28(26)40-29)15-23-11-12-27(35)24(14-23)19(3)4/h11-14,16,19,22,34-35H,9-10,15,17-18H2,1-8H3,(H2,32,33,37)/t22-,31-,41?/m0/s1. The van der Waals surface area contributed by atoms with Crippen LogP contribution in [0.2, 0.25) is 0 Å². The highest BCUT2D eigenvalue weighted by atomic mass is 31.2. The van der Waals surface area contributed by atoms with E-state index in [2.05, 4.69) is 10.2 Å². The van der Waals surface area contributed by atoms with Gasteiger partial charge in [0.05, 0.1) is 25.4 Å². The molecule has 0 saturated carbocycles. The summed E-state index contributed by atoms with van der Waals surface area (Å²) < 4.78 is 31.5. The number of nitrogens with one attached hydrogen (secondary N) is 2. The molecule has 4 N–H and O–H groups in total. The lowest BCUT2D eigenvalue weighted by Gasteiger charge is -2.33. The fourth-order valence-corrected chi connectivity index (χ4v) is 7.29. The molecule has 41 heavy (non-hydrogen) atoms. The first-order valence-electron chi connectivity index (χ1n) is 14.1. The number of aliphatic hydroxyl groups is 1. The van der Waals surface area contributed by atoms with Crippen molar-refractivity contribution in [2.24, 2.45) is 0 Å². The number of aliphatic hydroxyl groups excluding tert-OH is 1. The summed E-state index contributed by atoms with van der Waals surface area (Å²) in [5.41, 5.74) is 4.69. The number of rotatable bonds is 14. The Labute approximate surface area is 243 Å². The minimum atomic E-state index is -3.83. The van der Waals surface area contributed by atoms with E-state index in [0.29, 0.717) is 24.4 Å². The second-order valence-electron chi connectivity index (χ2n) is 11.2. The zero-order chi connectivity index (χ0) is 30.5. The third-order valence-electron chi connectivity index (χ3n) is 7.25. The number of benzene rings is 2. The van der Waals surface area contributed by atoms with E-state index in [9.17, 15) is 19.6 Å². The van der Waals surface area contributed by atoms with Gasteiger partial charge >= 0.3 is 5.97 Å². The van der Waals surface area contributed by atoms with Gasteiger partial charge in [-0.15, -0.1) is 0 Å². The van der Waals surface area contributed by atoms with Crippen LogP contribution in [0.3, 0.4) is 0 Å². The lowest BCUT2D eigenvalue weighted by molar-refractivity contribution is -0.144. The summed E-state index contributed by atoms with van der Waals surface area (Å²) in [5.74, 6) is -0.0706. The zero-order valence-electron chi connectivity index (χ0n) is 25.5. The number of hydrogen-bond acceptors (Lipinski definition) is 7. The van der Waals surface area contributed by atoms with Gasteiger partial charge in [0.1, 0.15) is 17.4 Å². The molecule has 3 rings (SSSR count). The number of fused-ring (bicyclic) bond motifs is 1. The first kappa shape index (κ1) is 32.8. The average Bonchev–Trinajstić information content (AvgIpc) is 3.35. The molecule has 0 aliphatic heterocycles. The van der Waals surface area contributed by atoms with Gasteiger partial charge in [-0.1, -0.05) is 26.0 Å². The van der Waals surface area contributed by atoms with Crippen molar-refractivity contribution in [3.8, 4) is 5.75 Å². The van der Waals surface area contributed by atoms with Gasteiger partial charge < -0.3 is 24.1 Å². The second kappa shape index (κ2) is 13.5. The molecule has 0 bridgehead atoms. The van der Waals surface area contributed by atoms with E-state index >= 15 is 0 Å². The number of phenolic OH excluding ortho intramolecular Hbond substituents is 1. The molecule has 1 heterocycles. The van der Waals surface area contributed by atoms with Crippen LogP contribution < -0.4 is 15.7 Å². The maximum Gasteiger partial charge on any atom is 0.323 e. The minimum Gasteiger partial charge on any atom is -0.508 e. The lowest BCUT2D eigenvalue weighted by atomic mass is 9.91. The van der Waals surface area contributed by atoms with Crippen molar-refractivity contribution >= 4 is 29.9 Å². The van der Waals surface area contributed by atoms with E-state index in [4.69, 9.17) is 13.9 Å². The quantitative estimate of drug-likeness (QED) is 0.148. The first-order chi connectivity index (χ1) is 19.3. The molecule has 0 amide bonds. The van der Waals surface area contributed by atoms with Crippen LogP contribution in [0, 0.1) is 13.8 Å². The molecular weight excluding hydrogens is 543 g/mol.